The minimum absolute atomic E-state index is 0.0536. The number of carbonyl (C=O) groups excluding carboxylic acids is 1. The number of carbonyl (C=O) groups is 1. The van der Waals surface area contributed by atoms with E-state index < -0.39 is 0 Å². The van der Waals surface area contributed by atoms with Crippen molar-refractivity contribution in [2.75, 3.05) is 36.4 Å². The van der Waals surface area contributed by atoms with Crippen LogP contribution in [0.5, 0.6) is 0 Å². The number of hydrogen-bond acceptors (Lipinski definition) is 6. The Kier molecular flexibility index (Phi) is 4.62. The average Bonchev–Trinajstić information content (AvgIpc) is 3.34. The van der Waals surface area contributed by atoms with Crippen molar-refractivity contribution in [1.29, 1.82) is 0 Å². The molecule has 6 nitrogen and oxygen atoms in total. The zero-order chi connectivity index (χ0) is 17.1. The summed E-state index contributed by atoms with van der Waals surface area (Å²) in [6.07, 6.45) is 0. The molecule has 25 heavy (non-hydrogen) atoms. The van der Waals surface area contributed by atoms with Gasteiger partial charge < -0.3 is 15.1 Å². The fourth-order valence-electron chi connectivity index (χ4n) is 2.68. The van der Waals surface area contributed by atoms with Gasteiger partial charge in [-0.15, -0.1) is 0 Å². The lowest BCUT2D eigenvalue weighted by molar-refractivity contribution is 0.208. The van der Waals surface area contributed by atoms with Crippen molar-refractivity contribution >= 4 is 39.7 Å². The first-order valence-electron chi connectivity index (χ1n) is 8.02. The van der Waals surface area contributed by atoms with Crippen LogP contribution < -0.4 is 10.2 Å². The minimum Gasteiger partial charge on any atom is -0.343 e. The first-order chi connectivity index (χ1) is 12.3. The summed E-state index contributed by atoms with van der Waals surface area (Å²) in [6.45, 7) is 2.87. The van der Waals surface area contributed by atoms with Crippen LogP contribution in [0.15, 0.2) is 47.2 Å². The lowest BCUT2D eigenvalue weighted by atomic mass is 10.3. The van der Waals surface area contributed by atoms with E-state index in [1.165, 1.54) is 11.5 Å². The van der Waals surface area contributed by atoms with Gasteiger partial charge in [0.2, 0.25) is 5.13 Å². The van der Waals surface area contributed by atoms with E-state index in [0.29, 0.717) is 13.1 Å². The van der Waals surface area contributed by atoms with Crippen LogP contribution in [0.1, 0.15) is 0 Å². The Morgan fingerprint density at radius 2 is 1.88 bits per heavy atom. The van der Waals surface area contributed by atoms with Crippen molar-refractivity contribution < 1.29 is 4.79 Å². The van der Waals surface area contributed by atoms with E-state index in [0.717, 1.165) is 35.3 Å². The Morgan fingerprint density at radius 3 is 2.60 bits per heavy atom. The number of rotatable bonds is 3. The molecule has 0 aliphatic carbocycles. The van der Waals surface area contributed by atoms with Crippen LogP contribution in [0, 0.1) is 0 Å². The van der Waals surface area contributed by atoms with E-state index >= 15 is 0 Å². The zero-order valence-corrected chi connectivity index (χ0v) is 15.1. The Bertz CT molecular complexity index is 826. The maximum atomic E-state index is 12.3. The number of nitrogens with one attached hydrogen (secondary N) is 1. The van der Waals surface area contributed by atoms with Crippen LogP contribution in [-0.2, 0) is 0 Å². The van der Waals surface area contributed by atoms with Gasteiger partial charge in [-0.25, -0.2) is 4.79 Å². The lowest BCUT2D eigenvalue weighted by Crippen LogP contribution is -2.50. The Hall–Kier alpha value is -2.45. The molecule has 1 saturated heterocycles. The van der Waals surface area contributed by atoms with Crippen molar-refractivity contribution in [3.8, 4) is 11.4 Å². The summed E-state index contributed by atoms with van der Waals surface area (Å²) in [6, 6.07) is 11.5. The van der Waals surface area contributed by atoms with Crippen molar-refractivity contribution in [3.05, 3.63) is 47.2 Å². The number of para-hydroxylation sites is 1. The standard InChI is InChI=1S/C17H17N5OS2/c23-16(18-14-4-2-1-3-5-14)21-7-9-22(10-8-21)17-19-15(20-25-17)13-6-11-24-12-13/h1-6,11-12H,7-10H2,(H,18,23). The molecule has 2 aromatic heterocycles. The van der Waals surface area contributed by atoms with Gasteiger partial charge in [0.25, 0.3) is 0 Å². The molecule has 3 heterocycles. The van der Waals surface area contributed by atoms with Crippen molar-refractivity contribution in [2.24, 2.45) is 0 Å². The predicted octanol–water partition coefficient (Wildman–Crippen LogP) is 3.62. The highest BCUT2D eigenvalue weighted by atomic mass is 32.1. The summed E-state index contributed by atoms with van der Waals surface area (Å²) in [5, 5.41) is 7.94. The number of benzene rings is 1. The molecule has 1 fully saturated rings. The van der Waals surface area contributed by atoms with E-state index in [9.17, 15) is 4.79 Å². The molecular formula is C17H17N5OS2. The van der Waals surface area contributed by atoms with Gasteiger partial charge in [-0.1, -0.05) is 18.2 Å². The summed E-state index contributed by atoms with van der Waals surface area (Å²) in [5.74, 6) is 0.783. The van der Waals surface area contributed by atoms with E-state index in [4.69, 9.17) is 0 Å². The molecule has 3 aromatic rings. The molecular weight excluding hydrogens is 354 g/mol. The Balaban J connectivity index is 1.34. The first-order valence-corrected chi connectivity index (χ1v) is 9.73. The molecule has 0 spiro atoms. The summed E-state index contributed by atoms with van der Waals surface area (Å²) in [7, 11) is 0. The first kappa shape index (κ1) is 16.0. The highest BCUT2D eigenvalue weighted by Gasteiger charge is 2.23. The molecule has 8 heteroatoms. The number of anilines is 2. The second-order valence-electron chi connectivity index (χ2n) is 5.68. The number of hydrogen-bond donors (Lipinski definition) is 1. The van der Waals surface area contributed by atoms with Crippen molar-refractivity contribution in [2.45, 2.75) is 0 Å². The second kappa shape index (κ2) is 7.20. The van der Waals surface area contributed by atoms with E-state index in [2.05, 4.69) is 25.0 Å². The third kappa shape index (κ3) is 3.64. The monoisotopic (exact) mass is 371 g/mol. The molecule has 1 aliphatic rings. The van der Waals surface area contributed by atoms with Gasteiger partial charge in [-0.2, -0.15) is 20.7 Å². The van der Waals surface area contributed by atoms with Crippen molar-refractivity contribution in [1.82, 2.24) is 14.3 Å². The quantitative estimate of drug-likeness (QED) is 0.764. The lowest BCUT2D eigenvalue weighted by Gasteiger charge is -2.34. The van der Waals surface area contributed by atoms with Crippen LogP contribution in [0.3, 0.4) is 0 Å². The third-order valence-electron chi connectivity index (χ3n) is 4.06. The molecule has 0 saturated carbocycles. The number of nitrogens with zero attached hydrogens (tertiary/aromatic N) is 4. The molecule has 1 aliphatic heterocycles. The number of piperazine rings is 1. The van der Waals surface area contributed by atoms with Crippen LogP contribution in [-0.4, -0.2) is 46.5 Å². The summed E-state index contributed by atoms with van der Waals surface area (Å²) in [4.78, 5) is 21.0. The molecule has 0 unspecified atom stereocenters. The zero-order valence-electron chi connectivity index (χ0n) is 13.5. The number of thiophene rings is 1. The fourth-order valence-corrected chi connectivity index (χ4v) is 4.05. The molecule has 0 atom stereocenters. The largest absolute Gasteiger partial charge is 0.343 e. The van der Waals surface area contributed by atoms with Crippen molar-refractivity contribution in [3.63, 3.8) is 0 Å². The molecule has 2 amide bonds. The Morgan fingerprint density at radius 1 is 1.08 bits per heavy atom. The van der Waals surface area contributed by atoms with E-state index in [1.807, 2.05) is 46.7 Å². The Labute approximate surface area is 153 Å². The molecule has 1 aromatic carbocycles. The topological polar surface area (TPSA) is 61.4 Å². The number of urea groups is 1. The fraction of sp³-hybridized carbons (Fsp3) is 0.235. The van der Waals surface area contributed by atoms with Crippen LogP contribution in [0.2, 0.25) is 0 Å². The van der Waals surface area contributed by atoms with Gasteiger partial charge in [0.1, 0.15) is 0 Å². The molecule has 4 rings (SSSR count). The second-order valence-corrected chi connectivity index (χ2v) is 7.19. The average molecular weight is 371 g/mol. The van der Waals surface area contributed by atoms with E-state index in [1.54, 1.807) is 11.3 Å². The molecule has 1 N–H and O–H groups in total. The molecule has 0 bridgehead atoms. The highest BCUT2D eigenvalue weighted by Crippen LogP contribution is 2.26. The van der Waals surface area contributed by atoms with Gasteiger partial charge in [-0.05, 0) is 23.6 Å². The number of amides is 2. The maximum Gasteiger partial charge on any atom is 0.321 e. The van der Waals surface area contributed by atoms with Gasteiger partial charge in [0.05, 0.1) is 0 Å². The highest BCUT2D eigenvalue weighted by molar-refractivity contribution is 7.10. The smallest absolute Gasteiger partial charge is 0.321 e. The van der Waals surface area contributed by atoms with Gasteiger partial charge in [0, 0.05) is 54.3 Å². The molecule has 128 valence electrons. The summed E-state index contributed by atoms with van der Waals surface area (Å²) < 4.78 is 4.45. The summed E-state index contributed by atoms with van der Waals surface area (Å²) in [5.41, 5.74) is 1.88. The van der Waals surface area contributed by atoms with Crippen LogP contribution in [0.4, 0.5) is 15.6 Å². The third-order valence-corrected chi connectivity index (χ3v) is 5.52. The predicted molar refractivity (Wildman–Crippen MR) is 102 cm³/mol. The SMILES string of the molecule is O=C(Nc1ccccc1)N1CCN(c2nc(-c3ccsc3)ns2)CC1. The normalized spacial score (nSPS) is 14.6. The van der Waals surface area contributed by atoms with Gasteiger partial charge in [-0.3, -0.25) is 0 Å². The van der Waals surface area contributed by atoms with Gasteiger partial charge >= 0.3 is 6.03 Å². The maximum absolute atomic E-state index is 12.3. The van der Waals surface area contributed by atoms with Crippen LogP contribution in [0.25, 0.3) is 11.4 Å². The molecule has 0 radical (unpaired) electrons. The number of aromatic nitrogens is 2. The van der Waals surface area contributed by atoms with Crippen LogP contribution >= 0.6 is 22.9 Å². The van der Waals surface area contributed by atoms with E-state index in [-0.39, 0.29) is 6.03 Å². The van der Waals surface area contributed by atoms with Gasteiger partial charge in [0.15, 0.2) is 5.82 Å². The minimum atomic E-state index is -0.0536. The summed E-state index contributed by atoms with van der Waals surface area (Å²) >= 11 is 3.06.